The van der Waals surface area contributed by atoms with Crippen LogP contribution in [0.5, 0.6) is 0 Å². The van der Waals surface area contributed by atoms with Gasteiger partial charge in [0.1, 0.15) is 16.9 Å². The Balaban J connectivity index is 1.55. The van der Waals surface area contributed by atoms with Gasteiger partial charge < -0.3 is 10.6 Å². The van der Waals surface area contributed by atoms with Crippen molar-refractivity contribution in [2.75, 3.05) is 13.1 Å². The summed E-state index contributed by atoms with van der Waals surface area (Å²) in [7, 11) is 0. The molecular formula is C28H37ClN6OS. The molecule has 198 valence electrons. The Morgan fingerprint density at radius 1 is 1.08 bits per heavy atom. The molecule has 0 fully saturated rings. The molecule has 37 heavy (non-hydrogen) atoms. The summed E-state index contributed by atoms with van der Waals surface area (Å²) in [5.74, 6) is 2.07. The van der Waals surface area contributed by atoms with E-state index >= 15 is 0 Å². The molecule has 0 saturated carbocycles. The smallest absolute Gasteiger partial charge is 0.222 e. The van der Waals surface area contributed by atoms with Gasteiger partial charge in [0.15, 0.2) is 5.82 Å². The van der Waals surface area contributed by atoms with Crippen molar-refractivity contribution >= 4 is 34.6 Å². The van der Waals surface area contributed by atoms with Gasteiger partial charge in [-0.1, -0.05) is 37.6 Å². The van der Waals surface area contributed by atoms with Gasteiger partial charge in [0, 0.05) is 33.6 Å². The van der Waals surface area contributed by atoms with E-state index in [1.54, 1.807) is 11.3 Å². The van der Waals surface area contributed by atoms with Gasteiger partial charge in [0.25, 0.3) is 0 Å². The van der Waals surface area contributed by atoms with Crippen LogP contribution in [0.4, 0.5) is 0 Å². The van der Waals surface area contributed by atoms with Gasteiger partial charge in [-0.2, -0.15) is 0 Å². The van der Waals surface area contributed by atoms with Gasteiger partial charge in [-0.25, -0.2) is 0 Å². The van der Waals surface area contributed by atoms with Gasteiger partial charge >= 0.3 is 0 Å². The lowest BCUT2D eigenvalue weighted by atomic mass is 9.99. The molecule has 2 atom stereocenters. The monoisotopic (exact) mass is 540 g/mol. The number of benzene rings is 1. The Labute approximate surface area is 228 Å². The molecule has 9 heteroatoms. The van der Waals surface area contributed by atoms with E-state index in [4.69, 9.17) is 16.6 Å². The molecule has 4 rings (SSSR count). The minimum absolute atomic E-state index is 0.0296. The van der Waals surface area contributed by atoms with Crippen LogP contribution in [0.1, 0.15) is 79.3 Å². The first kappa shape index (κ1) is 27.5. The highest BCUT2D eigenvalue weighted by atomic mass is 35.5. The number of hydrogen-bond acceptors (Lipinski definition) is 6. The van der Waals surface area contributed by atoms with Crippen LogP contribution in [0.2, 0.25) is 5.02 Å². The average molecular weight is 541 g/mol. The third-order valence-corrected chi connectivity index (χ3v) is 8.57. The van der Waals surface area contributed by atoms with E-state index in [0.717, 1.165) is 47.1 Å². The zero-order valence-corrected chi connectivity index (χ0v) is 24.1. The second-order valence-electron chi connectivity index (χ2n) is 10.2. The predicted molar refractivity (Wildman–Crippen MR) is 152 cm³/mol. The lowest BCUT2D eigenvalue weighted by molar-refractivity contribution is -0.121. The standard InChI is InChI=1S/C28H37ClN6OS/c1-16(2)18(4)30-13-7-8-14-31-24(36)15-23-27-34-33-20(6)35(27)28-25(17(3)19(5)37-28)26(32-23)21-9-11-22(29)12-10-21/h9-12,16,18,23,30H,7-8,13-15H2,1-6H3,(H,31,36)/t18?,23-/m0/s1. The number of carbonyl (C=O) groups is 1. The fourth-order valence-electron chi connectivity index (χ4n) is 4.42. The van der Waals surface area contributed by atoms with Crippen molar-refractivity contribution in [3.8, 4) is 5.00 Å². The van der Waals surface area contributed by atoms with E-state index in [2.05, 4.69) is 60.0 Å². The van der Waals surface area contributed by atoms with Crippen molar-refractivity contribution in [3.63, 3.8) is 0 Å². The predicted octanol–water partition coefficient (Wildman–Crippen LogP) is 5.72. The molecule has 1 aromatic carbocycles. The van der Waals surface area contributed by atoms with Gasteiger partial charge in [0.05, 0.1) is 12.1 Å². The van der Waals surface area contributed by atoms with Crippen LogP contribution in [0, 0.1) is 26.7 Å². The lowest BCUT2D eigenvalue weighted by Gasteiger charge is -2.17. The highest BCUT2D eigenvalue weighted by Crippen LogP contribution is 2.39. The molecule has 0 bridgehead atoms. The lowest BCUT2D eigenvalue weighted by Crippen LogP contribution is -2.32. The number of amides is 1. The van der Waals surface area contributed by atoms with E-state index < -0.39 is 6.04 Å². The first-order chi connectivity index (χ1) is 17.7. The number of aliphatic imine (C=N–C) groups is 1. The molecule has 1 unspecified atom stereocenters. The second kappa shape index (κ2) is 11.9. The molecule has 0 radical (unpaired) electrons. The van der Waals surface area contributed by atoms with Crippen molar-refractivity contribution in [1.29, 1.82) is 0 Å². The molecule has 0 aliphatic carbocycles. The van der Waals surface area contributed by atoms with Crippen molar-refractivity contribution in [3.05, 3.63) is 62.5 Å². The molecule has 3 aromatic rings. The number of hydrogen-bond donors (Lipinski definition) is 2. The van der Waals surface area contributed by atoms with Gasteiger partial charge in [-0.15, -0.1) is 21.5 Å². The highest BCUT2D eigenvalue weighted by Gasteiger charge is 2.32. The van der Waals surface area contributed by atoms with E-state index in [-0.39, 0.29) is 12.3 Å². The number of halogens is 1. The fraction of sp³-hybridized carbons (Fsp3) is 0.500. The first-order valence-corrected chi connectivity index (χ1v) is 14.2. The molecule has 1 aliphatic heterocycles. The molecule has 2 N–H and O–H groups in total. The van der Waals surface area contributed by atoms with Crippen molar-refractivity contribution in [2.24, 2.45) is 10.9 Å². The normalized spacial score (nSPS) is 15.7. The van der Waals surface area contributed by atoms with E-state index in [0.29, 0.717) is 29.4 Å². The number of rotatable bonds is 10. The van der Waals surface area contributed by atoms with Gasteiger partial charge in [-0.3, -0.25) is 14.4 Å². The van der Waals surface area contributed by atoms with Crippen LogP contribution >= 0.6 is 22.9 Å². The molecule has 3 heterocycles. The molecule has 1 aliphatic rings. The highest BCUT2D eigenvalue weighted by molar-refractivity contribution is 7.15. The summed E-state index contributed by atoms with van der Waals surface area (Å²) >= 11 is 7.89. The first-order valence-electron chi connectivity index (χ1n) is 13.0. The third-order valence-electron chi connectivity index (χ3n) is 7.13. The van der Waals surface area contributed by atoms with Crippen LogP contribution in [0.15, 0.2) is 29.3 Å². The van der Waals surface area contributed by atoms with Crippen molar-refractivity contribution in [1.82, 2.24) is 25.4 Å². The maximum absolute atomic E-state index is 13.0. The number of carbonyl (C=O) groups excluding carboxylic acids is 1. The van der Waals surface area contributed by atoms with Gasteiger partial charge in [-0.05, 0) is 70.7 Å². The maximum atomic E-state index is 13.0. The van der Waals surface area contributed by atoms with Gasteiger partial charge in [0.2, 0.25) is 5.91 Å². The molecule has 0 saturated heterocycles. The van der Waals surface area contributed by atoms with Crippen molar-refractivity contribution in [2.45, 2.75) is 72.9 Å². The number of nitrogens with zero attached hydrogens (tertiary/aromatic N) is 4. The van der Waals surface area contributed by atoms with Crippen LogP contribution in [-0.4, -0.2) is 45.5 Å². The zero-order valence-electron chi connectivity index (χ0n) is 22.6. The van der Waals surface area contributed by atoms with Crippen LogP contribution in [0.3, 0.4) is 0 Å². The third kappa shape index (κ3) is 6.13. The summed E-state index contributed by atoms with van der Waals surface area (Å²) in [6.07, 6.45) is 2.16. The summed E-state index contributed by atoms with van der Waals surface area (Å²) in [6, 6.07) is 7.78. The van der Waals surface area contributed by atoms with E-state index in [1.165, 1.54) is 10.4 Å². The molecule has 2 aromatic heterocycles. The number of aryl methyl sites for hydroxylation is 2. The summed E-state index contributed by atoms with van der Waals surface area (Å²) < 4.78 is 2.08. The summed E-state index contributed by atoms with van der Waals surface area (Å²) in [5, 5.41) is 17.2. The zero-order chi connectivity index (χ0) is 26.7. The minimum Gasteiger partial charge on any atom is -0.356 e. The van der Waals surface area contributed by atoms with Crippen molar-refractivity contribution < 1.29 is 4.79 Å². The van der Waals surface area contributed by atoms with Crippen LogP contribution < -0.4 is 10.6 Å². The summed E-state index contributed by atoms with van der Waals surface area (Å²) in [6.45, 7) is 14.4. The average Bonchev–Trinajstić information content (AvgIpc) is 3.33. The molecular weight excluding hydrogens is 504 g/mol. The Hall–Kier alpha value is -2.55. The Morgan fingerprint density at radius 2 is 1.78 bits per heavy atom. The van der Waals surface area contributed by atoms with E-state index in [1.807, 2.05) is 31.2 Å². The molecule has 1 amide bonds. The summed E-state index contributed by atoms with van der Waals surface area (Å²) in [4.78, 5) is 19.4. The maximum Gasteiger partial charge on any atom is 0.222 e. The Kier molecular flexibility index (Phi) is 8.82. The number of aromatic nitrogens is 3. The largest absolute Gasteiger partial charge is 0.356 e. The van der Waals surface area contributed by atoms with Crippen LogP contribution in [-0.2, 0) is 4.79 Å². The second-order valence-corrected chi connectivity index (χ2v) is 11.8. The molecule has 0 spiro atoms. The summed E-state index contributed by atoms with van der Waals surface area (Å²) in [5.41, 5.74) is 4.08. The SMILES string of the molecule is Cc1sc2c(c1C)C(c1ccc(Cl)cc1)=N[C@@H](CC(=O)NCCCCNC(C)C(C)C)c1nnc(C)n1-2. The fourth-order valence-corrected chi connectivity index (χ4v) is 5.76. The quantitative estimate of drug-likeness (QED) is 0.322. The Morgan fingerprint density at radius 3 is 2.49 bits per heavy atom. The number of unbranched alkanes of at least 4 members (excludes halogenated alkanes) is 1. The van der Waals surface area contributed by atoms with E-state index in [9.17, 15) is 4.79 Å². The topological polar surface area (TPSA) is 84.2 Å². The minimum atomic E-state index is -0.445. The van der Waals surface area contributed by atoms with Crippen LogP contribution in [0.25, 0.3) is 5.00 Å². The Bertz CT molecular complexity index is 1280. The number of nitrogens with one attached hydrogen (secondary N) is 2. The molecule has 7 nitrogen and oxygen atoms in total. The number of fused-ring (bicyclic) bond motifs is 3. The number of thiophene rings is 1.